The Morgan fingerprint density at radius 3 is 2.33 bits per heavy atom. The first-order chi connectivity index (χ1) is 8.69. The summed E-state index contributed by atoms with van der Waals surface area (Å²) in [5.41, 5.74) is 6.63. The minimum absolute atomic E-state index is 0.193. The molecule has 2 rings (SSSR count). The average molecular weight is 268 g/mol. The average Bonchev–Trinajstić information content (AvgIpc) is 2.65. The number of hydrogen-bond donors (Lipinski definition) is 2. The first-order valence-electron chi connectivity index (χ1n) is 6.82. The van der Waals surface area contributed by atoms with Crippen LogP contribution in [0.1, 0.15) is 50.2 Å². The van der Waals surface area contributed by atoms with Crippen molar-refractivity contribution < 1.29 is 5.11 Å². The molecule has 1 aliphatic carbocycles. The van der Waals surface area contributed by atoms with E-state index in [9.17, 15) is 5.11 Å². The van der Waals surface area contributed by atoms with Gasteiger partial charge in [0.1, 0.15) is 0 Å². The molecule has 3 heteroatoms. The quantitative estimate of drug-likeness (QED) is 0.821. The topological polar surface area (TPSA) is 46.2 Å². The predicted molar refractivity (Wildman–Crippen MR) is 75.6 cm³/mol. The molecule has 0 aliphatic heterocycles. The molecule has 18 heavy (non-hydrogen) atoms. The van der Waals surface area contributed by atoms with Gasteiger partial charge in [0, 0.05) is 17.0 Å². The van der Waals surface area contributed by atoms with E-state index in [1.54, 1.807) is 0 Å². The number of halogens is 1. The molecule has 1 saturated carbocycles. The number of aliphatic hydroxyl groups excluding tert-OH is 1. The third-order valence-corrected chi connectivity index (χ3v) is 4.63. The van der Waals surface area contributed by atoms with Crippen LogP contribution in [-0.4, -0.2) is 11.7 Å². The molecule has 0 amide bonds. The van der Waals surface area contributed by atoms with Crippen molar-refractivity contribution in [3.05, 3.63) is 34.9 Å². The Bertz CT molecular complexity index is 386. The molecule has 1 atom stereocenters. The van der Waals surface area contributed by atoms with Gasteiger partial charge in [-0.2, -0.15) is 0 Å². The van der Waals surface area contributed by atoms with Crippen LogP contribution in [0.3, 0.4) is 0 Å². The van der Waals surface area contributed by atoms with Crippen molar-refractivity contribution in [1.82, 2.24) is 0 Å². The molecule has 1 unspecified atom stereocenters. The summed E-state index contributed by atoms with van der Waals surface area (Å²) in [5, 5.41) is 11.4. The zero-order chi connectivity index (χ0) is 13.0. The highest BCUT2D eigenvalue weighted by atomic mass is 35.5. The highest BCUT2D eigenvalue weighted by Gasteiger charge is 2.38. The molecule has 3 N–H and O–H groups in total. The smallest absolute Gasteiger partial charge is 0.0872 e. The fraction of sp³-hybridized carbons (Fsp3) is 0.600. The van der Waals surface area contributed by atoms with E-state index in [0.717, 1.165) is 31.2 Å². The molecular formula is C15H22ClNO. The molecule has 0 heterocycles. The zero-order valence-electron chi connectivity index (χ0n) is 10.7. The summed E-state index contributed by atoms with van der Waals surface area (Å²) in [4.78, 5) is 0. The standard InChI is InChI=1S/C15H22ClNO/c16-13-8-4-3-7-12(13)14(18)15(11-17)9-5-1-2-6-10-15/h3-4,7-8,14,18H,1-2,5-6,9-11,17H2. The van der Waals surface area contributed by atoms with Crippen LogP contribution in [0.2, 0.25) is 5.02 Å². The highest BCUT2D eigenvalue weighted by molar-refractivity contribution is 6.31. The lowest BCUT2D eigenvalue weighted by Gasteiger charge is -2.37. The van der Waals surface area contributed by atoms with Gasteiger partial charge >= 0.3 is 0 Å². The third-order valence-electron chi connectivity index (χ3n) is 4.29. The van der Waals surface area contributed by atoms with E-state index in [0.29, 0.717) is 11.6 Å². The Labute approximate surface area is 114 Å². The van der Waals surface area contributed by atoms with Crippen LogP contribution in [0.15, 0.2) is 24.3 Å². The summed E-state index contributed by atoms with van der Waals surface area (Å²) in [6, 6.07) is 7.56. The van der Waals surface area contributed by atoms with Crippen LogP contribution in [-0.2, 0) is 0 Å². The summed E-state index contributed by atoms with van der Waals surface area (Å²) in [6.07, 6.45) is 6.24. The molecular weight excluding hydrogens is 246 g/mol. The van der Waals surface area contributed by atoms with Gasteiger partial charge in [0.05, 0.1) is 6.10 Å². The van der Waals surface area contributed by atoms with E-state index >= 15 is 0 Å². The van der Waals surface area contributed by atoms with Crippen molar-refractivity contribution in [2.75, 3.05) is 6.54 Å². The molecule has 0 aromatic heterocycles. The SMILES string of the molecule is NCC1(C(O)c2ccccc2Cl)CCCCCC1. The fourth-order valence-electron chi connectivity index (χ4n) is 3.05. The highest BCUT2D eigenvalue weighted by Crippen LogP contribution is 2.45. The maximum absolute atomic E-state index is 10.7. The number of nitrogens with two attached hydrogens (primary N) is 1. The number of hydrogen-bond acceptors (Lipinski definition) is 2. The maximum Gasteiger partial charge on any atom is 0.0872 e. The molecule has 0 spiro atoms. The van der Waals surface area contributed by atoms with Gasteiger partial charge in [-0.15, -0.1) is 0 Å². The van der Waals surface area contributed by atoms with Gasteiger partial charge in [0.2, 0.25) is 0 Å². The normalized spacial score (nSPS) is 21.3. The van der Waals surface area contributed by atoms with E-state index in [1.165, 1.54) is 12.8 Å². The number of benzene rings is 1. The molecule has 0 radical (unpaired) electrons. The molecule has 1 aliphatic rings. The second-order valence-electron chi connectivity index (χ2n) is 5.40. The second kappa shape index (κ2) is 6.05. The van der Waals surface area contributed by atoms with E-state index in [-0.39, 0.29) is 5.41 Å². The second-order valence-corrected chi connectivity index (χ2v) is 5.81. The van der Waals surface area contributed by atoms with Crippen LogP contribution in [0.5, 0.6) is 0 Å². The van der Waals surface area contributed by atoms with Crippen molar-refractivity contribution in [2.24, 2.45) is 11.1 Å². The Balaban J connectivity index is 2.28. The van der Waals surface area contributed by atoms with Crippen LogP contribution < -0.4 is 5.73 Å². The third kappa shape index (κ3) is 2.71. The summed E-state index contributed by atoms with van der Waals surface area (Å²) >= 11 is 6.20. The van der Waals surface area contributed by atoms with E-state index < -0.39 is 6.10 Å². The van der Waals surface area contributed by atoms with Gasteiger partial charge < -0.3 is 10.8 Å². The van der Waals surface area contributed by atoms with Crippen molar-refractivity contribution in [1.29, 1.82) is 0 Å². The summed E-state index contributed by atoms with van der Waals surface area (Å²) in [6.45, 7) is 0.527. The van der Waals surface area contributed by atoms with Gasteiger partial charge in [0.15, 0.2) is 0 Å². The molecule has 1 aromatic rings. The molecule has 1 aromatic carbocycles. The van der Waals surface area contributed by atoms with E-state index in [2.05, 4.69) is 0 Å². The van der Waals surface area contributed by atoms with Crippen molar-refractivity contribution >= 4 is 11.6 Å². The molecule has 1 fully saturated rings. The van der Waals surface area contributed by atoms with Gasteiger partial charge in [-0.25, -0.2) is 0 Å². The minimum atomic E-state index is -0.547. The lowest BCUT2D eigenvalue weighted by atomic mass is 9.73. The van der Waals surface area contributed by atoms with Gasteiger partial charge in [-0.1, -0.05) is 55.5 Å². The zero-order valence-corrected chi connectivity index (χ0v) is 11.5. The maximum atomic E-state index is 10.7. The van der Waals surface area contributed by atoms with Crippen LogP contribution in [0, 0.1) is 5.41 Å². The minimum Gasteiger partial charge on any atom is -0.388 e. The fourth-order valence-corrected chi connectivity index (χ4v) is 3.29. The summed E-state index contributed by atoms with van der Waals surface area (Å²) < 4.78 is 0. The first kappa shape index (κ1) is 13.9. The van der Waals surface area contributed by atoms with Crippen molar-refractivity contribution in [3.8, 4) is 0 Å². The van der Waals surface area contributed by atoms with E-state index in [4.69, 9.17) is 17.3 Å². The molecule has 0 bridgehead atoms. The van der Waals surface area contributed by atoms with Gasteiger partial charge in [-0.3, -0.25) is 0 Å². The number of aliphatic hydroxyl groups is 1. The van der Waals surface area contributed by atoms with Crippen molar-refractivity contribution in [3.63, 3.8) is 0 Å². The van der Waals surface area contributed by atoms with Crippen molar-refractivity contribution in [2.45, 2.75) is 44.6 Å². The van der Waals surface area contributed by atoms with Crippen LogP contribution in [0.25, 0.3) is 0 Å². The molecule has 0 saturated heterocycles. The Morgan fingerprint density at radius 2 is 1.78 bits per heavy atom. The lowest BCUT2D eigenvalue weighted by Crippen LogP contribution is -2.36. The Kier molecular flexibility index (Phi) is 4.66. The Hall–Kier alpha value is -0.570. The van der Waals surface area contributed by atoms with Crippen LogP contribution in [0.4, 0.5) is 0 Å². The molecule has 100 valence electrons. The largest absolute Gasteiger partial charge is 0.388 e. The van der Waals surface area contributed by atoms with Crippen LogP contribution >= 0.6 is 11.6 Å². The first-order valence-corrected chi connectivity index (χ1v) is 7.20. The monoisotopic (exact) mass is 267 g/mol. The summed E-state index contributed by atoms with van der Waals surface area (Å²) in [5.74, 6) is 0. The molecule has 2 nitrogen and oxygen atoms in total. The van der Waals surface area contributed by atoms with Gasteiger partial charge in [0.25, 0.3) is 0 Å². The van der Waals surface area contributed by atoms with E-state index in [1.807, 2.05) is 24.3 Å². The lowest BCUT2D eigenvalue weighted by molar-refractivity contribution is 0.0167. The summed E-state index contributed by atoms with van der Waals surface area (Å²) in [7, 11) is 0. The Morgan fingerprint density at radius 1 is 1.17 bits per heavy atom. The number of rotatable bonds is 3. The predicted octanol–water partition coefficient (Wildman–Crippen LogP) is 3.67. The van der Waals surface area contributed by atoms with Gasteiger partial charge in [-0.05, 0) is 24.5 Å².